The number of thiophene rings is 1. The Hall–Kier alpha value is -1.73. The number of nitrogens with one attached hydrogen (secondary N) is 2. The van der Waals surface area contributed by atoms with Gasteiger partial charge in [-0.1, -0.05) is 30.5 Å². The first kappa shape index (κ1) is 18.6. The van der Waals surface area contributed by atoms with Crippen LogP contribution in [0.5, 0.6) is 0 Å². The molecule has 0 atom stereocenters. The van der Waals surface area contributed by atoms with Crippen molar-refractivity contribution in [3.63, 3.8) is 0 Å². The molecule has 2 aliphatic rings. The van der Waals surface area contributed by atoms with E-state index in [1.54, 1.807) is 0 Å². The van der Waals surface area contributed by atoms with Gasteiger partial charge in [-0.05, 0) is 57.1 Å². The standard InChI is InChI=1S/C20H29N5OS/c1-15-18(23-24-25(15)16-7-11-21-12-8-16)19(26)22-14-20(9-3-2-4-10-20)17-6-5-13-27-17/h5-6,13,16,21H,2-4,7-12,14H2,1H3,(H,22,26). The molecule has 2 aromatic rings. The van der Waals surface area contributed by atoms with Crippen LogP contribution in [0, 0.1) is 6.92 Å². The summed E-state index contributed by atoms with van der Waals surface area (Å²) in [6.45, 7) is 4.64. The number of hydrogen-bond acceptors (Lipinski definition) is 5. The minimum absolute atomic E-state index is 0.0843. The van der Waals surface area contributed by atoms with E-state index in [0.717, 1.165) is 44.5 Å². The molecule has 27 heavy (non-hydrogen) atoms. The van der Waals surface area contributed by atoms with Crippen molar-refractivity contribution in [2.45, 2.75) is 63.3 Å². The average molecular weight is 388 g/mol. The highest BCUT2D eigenvalue weighted by Gasteiger charge is 2.35. The average Bonchev–Trinajstić information content (AvgIpc) is 3.38. The van der Waals surface area contributed by atoms with Gasteiger partial charge in [0.1, 0.15) is 0 Å². The summed E-state index contributed by atoms with van der Waals surface area (Å²) in [4.78, 5) is 14.3. The Morgan fingerprint density at radius 1 is 1.33 bits per heavy atom. The molecule has 1 saturated heterocycles. The Morgan fingerprint density at radius 3 is 2.81 bits per heavy atom. The minimum atomic E-state index is -0.0887. The van der Waals surface area contributed by atoms with E-state index in [9.17, 15) is 4.79 Å². The third kappa shape index (κ3) is 3.80. The lowest BCUT2D eigenvalue weighted by atomic mass is 9.73. The molecular formula is C20H29N5OS. The number of hydrogen-bond donors (Lipinski definition) is 2. The van der Waals surface area contributed by atoms with Crippen LogP contribution in [0.3, 0.4) is 0 Å². The zero-order valence-electron chi connectivity index (χ0n) is 16.0. The van der Waals surface area contributed by atoms with Crippen LogP contribution in [-0.2, 0) is 5.41 Å². The molecule has 2 aromatic heterocycles. The van der Waals surface area contributed by atoms with Crippen molar-refractivity contribution in [2.24, 2.45) is 0 Å². The molecule has 1 amide bonds. The summed E-state index contributed by atoms with van der Waals surface area (Å²) in [5.74, 6) is -0.0887. The zero-order chi connectivity index (χ0) is 18.7. The van der Waals surface area contributed by atoms with Crippen LogP contribution >= 0.6 is 11.3 Å². The molecule has 0 bridgehead atoms. The van der Waals surface area contributed by atoms with Gasteiger partial charge >= 0.3 is 0 Å². The lowest BCUT2D eigenvalue weighted by molar-refractivity contribution is 0.0931. The largest absolute Gasteiger partial charge is 0.350 e. The van der Waals surface area contributed by atoms with Gasteiger partial charge in [0.25, 0.3) is 5.91 Å². The van der Waals surface area contributed by atoms with Gasteiger partial charge in [-0.15, -0.1) is 16.4 Å². The lowest BCUT2D eigenvalue weighted by Gasteiger charge is -2.36. The maximum absolute atomic E-state index is 12.9. The van der Waals surface area contributed by atoms with Crippen LogP contribution in [0.2, 0.25) is 0 Å². The minimum Gasteiger partial charge on any atom is -0.350 e. The van der Waals surface area contributed by atoms with Gasteiger partial charge in [-0.25, -0.2) is 4.68 Å². The molecular weight excluding hydrogens is 358 g/mol. The Morgan fingerprint density at radius 2 is 2.11 bits per heavy atom. The fraction of sp³-hybridized carbons (Fsp3) is 0.650. The summed E-state index contributed by atoms with van der Waals surface area (Å²) in [7, 11) is 0. The second-order valence-corrected chi connectivity index (χ2v) is 8.90. The Bertz CT molecular complexity index is 757. The van der Waals surface area contributed by atoms with Crippen molar-refractivity contribution >= 4 is 17.2 Å². The third-order valence-electron chi connectivity index (χ3n) is 6.24. The van der Waals surface area contributed by atoms with Gasteiger partial charge < -0.3 is 10.6 Å². The van der Waals surface area contributed by atoms with E-state index in [4.69, 9.17) is 0 Å². The van der Waals surface area contributed by atoms with E-state index in [1.807, 2.05) is 22.9 Å². The van der Waals surface area contributed by atoms with Gasteiger partial charge in [0.15, 0.2) is 5.69 Å². The van der Waals surface area contributed by atoms with Crippen molar-refractivity contribution in [2.75, 3.05) is 19.6 Å². The molecule has 7 heteroatoms. The molecule has 0 spiro atoms. The predicted octanol–water partition coefficient (Wildman–Crippen LogP) is 3.20. The Balaban J connectivity index is 1.46. The maximum atomic E-state index is 12.9. The molecule has 0 unspecified atom stereocenters. The van der Waals surface area contributed by atoms with Crippen molar-refractivity contribution in [1.82, 2.24) is 25.6 Å². The first-order valence-electron chi connectivity index (χ1n) is 10.1. The summed E-state index contributed by atoms with van der Waals surface area (Å²) in [5, 5.41) is 17.2. The normalized spacial score (nSPS) is 20.5. The molecule has 2 N–H and O–H groups in total. The number of aromatic nitrogens is 3. The Kier molecular flexibility index (Phi) is 5.59. The summed E-state index contributed by atoms with van der Waals surface area (Å²) < 4.78 is 1.95. The highest BCUT2D eigenvalue weighted by atomic mass is 32.1. The van der Waals surface area contributed by atoms with Gasteiger partial charge in [0, 0.05) is 16.8 Å². The van der Waals surface area contributed by atoms with E-state index >= 15 is 0 Å². The van der Waals surface area contributed by atoms with Gasteiger partial charge in [0.2, 0.25) is 0 Å². The number of carbonyl (C=O) groups is 1. The van der Waals surface area contributed by atoms with Crippen LogP contribution in [-0.4, -0.2) is 40.5 Å². The summed E-state index contributed by atoms with van der Waals surface area (Å²) in [6, 6.07) is 4.68. The molecule has 2 fully saturated rings. The van der Waals surface area contributed by atoms with E-state index in [0.29, 0.717) is 18.3 Å². The van der Waals surface area contributed by atoms with Crippen molar-refractivity contribution < 1.29 is 4.79 Å². The lowest BCUT2D eigenvalue weighted by Crippen LogP contribution is -2.42. The quantitative estimate of drug-likeness (QED) is 0.826. The molecule has 0 radical (unpaired) electrons. The van der Waals surface area contributed by atoms with Crippen LogP contribution in [0.15, 0.2) is 17.5 Å². The monoisotopic (exact) mass is 387 g/mol. The fourth-order valence-corrected chi connectivity index (χ4v) is 5.59. The Labute approximate surface area is 164 Å². The van der Waals surface area contributed by atoms with Crippen molar-refractivity contribution in [3.05, 3.63) is 33.8 Å². The smallest absolute Gasteiger partial charge is 0.273 e. The molecule has 146 valence electrons. The van der Waals surface area contributed by atoms with Crippen LogP contribution < -0.4 is 10.6 Å². The third-order valence-corrected chi connectivity index (χ3v) is 7.36. The van der Waals surface area contributed by atoms with Crippen molar-refractivity contribution in [1.29, 1.82) is 0 Å². The summed E-state index contributed by atoms with van der Waals surface area (Å²) in [5.41, 5.74) is 1.44. The molecule has 1 aliphatic heterocycles. The van der Waals surface area contributed by atoms with Gasteiger partial charge in [-0.3, -0.25) is 4.79 Å². The van der Waals surface area contributed by atoms with Crippen LogP contribution in [0.1, 0.15) is 72.0 Å². The SMILES string of the molecule is Cc1c(C(=O)NCC2(c3cccs3)CCCCC2)nnn1C1CCNCC1. The summed E-state index contributed by atoms with van der Waals surface area (Å²) >= 11 is 1.81. The van der Waals surface area contributed by atoms with E-state index in [2.05, 4.69) is 38.5 Å². The first-order chi connectivity index (χ1) is 13.2. The number of amides is 1. The van der Waals surface area contributed by atoms with E-state index in [1.165, 1.54) is 24.1 Å². The van der Waals surface area contributed by atoms with E-state index in [-0.39, 0.29) is 11.3 Å². The van der Waals surface area contributed by atoms with Gasteiger partial charge in [0.05, 0.1) is 11.7 Å². The molecule has 1 saturated carbocycles. The number of nitrogens with zero attached hydrogens (tertiary/aromatic N) is 3. The number of carbonyl (C=O) groups excluding carboxylic acids is 1. The molecule has 1 aliphatic carbocycles. The zero-order valence-corrected chi connectivity index (χ0v) is 16.9. The van der Waals surface area contributed by atoms with Crippen LogP contribution in [0.4, 0.5) is 0 Å². The van der Waals surface area contributed by atoms with E-state index < -0.39 is 0 Å². The highest BCUT2D eigenvalue weighted by molar-refractivity contribution is 7.10. The van der Waals surface area contributed by atoms with Crippen LogP contribution in [0.25, 0.3) is 0 Å². The van der Waals surface area contributed by atoms with Gasteiger partial charge in [-0.2, -0.15) is 0 Å². The number of rotatable bonds is 5. The molecule has 3 heterocycles. The number of piperidine rings is 1. The molecule has 0 aromatic carbocycles. The second kappa shape index (κ2) is 8.10. The first-order valence-corrected chi connectivity index (χ1v) is 11.0. The predicted molar refractivity (Wildman–Crippen MR) is 107 cm³/mol. The highest BCUT2D eigenvalue weighted by Crippen LogP contribution is 2.41. The maximum Gasteiger partial charge on any atom is 0.273 e. The molecule has 4 rings (SSSR count). The second-order valence-electron chi connectivity index (χ2n) is 7.95. The summed E-state index contributed by atoms with van der Waals surface area (Å²) in [6.07, 6.45) is 8.13. The van der Waals surface area contributed by atoms with Crippen molar-refractivity contribution in [3.8, 4) is 0 Å². The topological polar surface area (TPSA) is 71.8 Å². The molecule has 6 nitrogen and oxygen atoms in total. The fourth-order valence-electron chi connectivity index (χ4n) is 4.60.